The Bertz CT molecular complexity index is 532. The van der Waals surface area contributed by atoms with Gasteiger partial charge in [0.2, 0.25) is 0 Å². The number of rotatable bonds is 2. The van der Waals surface area contributed by atoms with E-state index in [-0.39, 0.29) is 11.3 Å². The van der Waals surface area contributed by atoms with E-state index in [0.29, 0.717) is 13.0 Å². The summed E-state index contributed by atoms with van der Waals surface area (Å²) in [7, 11) is 0. The minimum atomic E-state index is -0.981. The van der Waals surface area contributed by atoms with Gasteiger partial charge in [-0.2, -0.15) is 0 Å². The molecule has 1 heterocycles. The highest BCUT2D eigenvalue weighted by Gasteiger charge is 2.32. The van der Waals surface area contributed by atoms with Crippen LogP contribution in [-0.4, -0.2) is 39.6 Å². The lowest BCUT2D eigenvalue weighted by Crippen LogP contribution is -2.44. The van der Waals surface area contributed by atoms with Gasteiger partial charge in [0.15, 0.2) is 0 Å². The van der Waals surface area contributed by atoms with E-state index in [9.17, 15) is 19.8 Å². The van der Waals surface area contributed by atoms with Crippen LogP contribution < -0.4 is 0 Å². The van der Waals surface area contributed by atoms with Crippen LogP contribution in [0.5, 0.6) is 5.75 Å². The standard InChI is InChI=1S/C14H16INO4/c15-9-5-6-12(17)10(8-9)13(18)16-7-3-1-2-4-11(16)14(19)20/h5-6,8,11,17H,1-4,7H2,(H,19,20). The molecule has 0 radical (unpaired) electrons. The summed E-state index contributed by atoms with van der Waals surface area (Å²) < 4.78 is 0.824. The fourth-order valence-corrected chi connectivity index (χ4v) is 2.93. The van der Waals surface area contributed by atoms with Gasteiger partial charge in [0.05, 0.1) is 5.56 Å². The third-order valence-electron chi connectivity index (χ3n) is 3.49. The van der Waals surface area contributed by atoms with Crippen molar-refractivity contribution < 1.29 is 19.8 Å². The summed E-state index contributed by atoms with van der Waals surface area (Å²) in [5, 5.41) is 19.1. The predicted octanol–water partition coefficient (Wildman–Crippen LogP) is 2.47. The molecule has 1 unspecified atom stereocenters. The molecule has 1 saturated heterocycles. The van der Waals surface area contributed by atoms with Crippen LogP contribution in [-0.2, 0) is 4.79 Å². The average Bonchev–Trinajstić information content (AvgIpc) is 2.66. The van der Waals surface area contributed by atoms with Crippen molar-refractivity contribution in [3.05, 3.63) is 27.3 Å². The molecule has 0 aromatic heterocycles. The van der Waals surface area contributed by atoms with Gasteiger partial charge in [0, 0.05) is 10.1 Å². The van der Waals surface area contributed by atoms with Crippen molar-refractivity contribution in [2.45, 2.75) is 31.7 Å². The summed E-state index contributed by atoms with van der Waals surface area (Å²) >= 11 is 2.05. The van der Waals surface area contributed by atoms with Gasteiger partial charge in [0.1, 0.15) is 11.8 Å². The monoisotopic (exact) mass is 389 g/mol. The van der Waals surface area contributed by atoms with E-state index < -0.39 is 17.9 Å². The van der Waals surface area contributed by atoms with Crippen LogP contribution >= 0.6 is 22.6 Å². The Morgan fingerprint density at radius 2 is 2.00 bits per heavy atom. The summed E-state index contributed by atoms with van der Waals surface area (Å²) in [5.74, 6) is -1.50. The molecule has 2 N–H and O–H groups in total. The van der Waals surface area contributed by atoms with Crippen molar-refractivity contribution in [3.63, 3.8) is 0 Å². The largest absolute Gasteiger partial charge is 0.507 e. The molecule has 0 aliphatic carbocycles. The van der Waals surface area contributed by atoms with Gasteiger partial charge < -0.3 is 15.1 Å². The SMILES string of the molecule is O=C(O)C1CCCCCN1C(=O)c1cc(I)ccc1O. The van der Waals surface area contributed by atoms with E-state index in [1.165, 1.54) is 11.0 Å². The summed E-state index contributed by atoms with van der Waals surface area (Å²) in [4.78, 5) is 25.3. The first-order valence-corrected chi connectivity index (χ1v) is 7.61. The number of hydrogen-bond donors (Lipinski definition) is 2. The Labute approximate surface area is 130 Å². The Morgan fingerprint density at radius 1 is 1.25 bits per heavy atom. The van der Waals surface area contributed by atoms with Crippen LogP contribution in [0.15, 0.2) is 18.2 Å². The summed E-state index contributed by atoms with van der Waals surface area (Å²) in [6, 6.07) is 3.94. The molecule has 1 atom stereocenters. The first kappa shape index (κ1) is 15.1. The third kappa shape index (κ3) is 3.23. The Hall–Kier alpha value is -1.31. The van der Waals surface area contributed by atoms with Crippen LogP contribution in [0, 0.1) is 3.57 Å². The summed E-state index contributed by atoms with van der Waals surface area (Å²) in [5.41, 5.74) is 0.171. The number of benzene rings is 1. The number of carboxylic acid groups (broad SMARTS) is 1. The first-order chi connectivity index (χ1) is 9.50. The first-order valence-electron chi connectivity index (χ1n) is 6.53. The Morgan fingerprint density at radius 3 is 2.70 bits per heavy atom. The number of aliphatic carboxylic acids is 1. The van der Waals surface area contributed by atoms with Gasteiger partial charge in [-0.25, -0.2) is 4.79 Å². The molecule has 1 amide bonds. The maximum atomic E-state index is 12.5. The molecule has 5 nitrogen and oxygen atoms in total. The normalized spacial score (nSPS) is 19.4. The molecular weight excluding hydrogens is 373 g/mol. The number of nitrogens with zero attached hydrogens (tertiary/aromatic N) is 1. The van der Waals surface area contributed by atoms with Crippen LogP contribution in [0.3, 0.4) is 0 Å². The number of amides is 1. The average molecular weight is 389 g/mol. The lowest BCUT2D eigenvalue weighted by molar-refractivity contribution is -0.142. The fourth-order valence-electron chi connectivity index (χ4n) is 2.44. The van der Waals surface area contributed by atoms with Crippen molar-refractivity contribution in [3.8, 4) is 5.75 Å². The van der Waals surface area contributed by atoms with Gasteiger partial charge in [0.25, 0.3) is 5.91 Å². The molecule has 2 rings (SSSR count). The molecule has 108 valence electrons. The van der Waals surface area contributed by atoms with Crippen LogP contribution in [0.25, 0.3) is 0 Å². The highest BCUT2D eigenvalue weighted by Crippen LogP contribution is 2.25. The third-order valence-corrected chi connectivity index (χ3v) is 4.16. The second kappa shape index (κ2) is 6.43. The topological polar surface area (TPSA) is 77.8 Å². The Kier molecular flexibility index (Phi) is 4.85. The van der Waals surface area contributed by atoms with Crippen molar-refractivity contribution in [2.24, 2.45) is 0 Å². The molecule has 0 spiro atoms. The molecule has 1 fully saturated rings. The number of halogens is 1. The van der Waals surface area contributed by atoms with Gasteiger partial charge >= 0.3 is 5.97 Å². The number of carbonyl (C=O) groups is 2. The van der Waals surface area contributed by atoms with Crippen LogP contribution in [0.2, 0.25) is 0 Å². The molecule has 1 aliphatic heterocycles. The number of phenolic OH excluding ortho intramolecular Hbond substituents is 1. The number of aromatic hydroxyl groups is 1. The van der Waals surface area contributed by atoms with E-state index in [1.54, 1.807) is 12.1 Å². The van der Waals surface area contributed by atoms with Crippen LogP contribution in [0.1, 0.15) is 36.0 Å². The lowest BCUT2D eigenvalue weighted by Gasteiger charge is -2.27. The lowest BCUT2D eigenvalue weighted by atomic mass is 10.1. The Balaban J connectivity index is 2.33. The van der Waals surface area contributed by atoms with E-state index in [4.69, 9.17) is 0 Å². The second-order valence-corrected chi connectivity index (χ2v) is 6.11. The molecule has 1 aliphatic rings. The van der Waals surface area contributed by atoms with E-state index in [2.05, 4.69) is 22.6 Å². The predicted molar refractivity (Wildman–Crippen MR) is 81.8 cm³/mol. The van der Waals surface area contributed by atoms with Gasteiger partial charge in [-0.05, 0) is 53.6 Å². The van der Waals surface area contributed by atoms with Crippen molar-refractivity contribution >= 4 is 34.5 Å². The molecule has 6 heteroatoms. The molecule has 1 aromatic carbocycles. The second-order valence-electron chi connectivity index (χ2n) is 4.86. The van der Waals surface area contributed by atoms with Gasteiger partial charge in [-0.3, -0.25) is 4.79 Å². The summed E-state index contributed by atoms with van der Waals surface area (Å²) in [6.45, 7) is 0.417. The zero-order chi connectivity index (χ0) is 14.7. The van der Waals surface area contributed by atoms with Crippen molar-refractivity contribution in [2.75, 3.05) is 6.54 Å². The highest BCUT2D eigenvalue weighted by molar-refractivity contribution is 14.1. The van der Waals surface area contributed by atoms with Gasteiger partial charge in [-0.1, -0.05) is 12.8 Å². The minimum absolute atomic E-state index is 0.108. The van der Waals surface area contributed by atoms with E-state index >= 15 is 0 Å². The molecule has 1 aromatic rings. The molecule has 0 saturated carbocycles. The number of carboxylic acids is 1. The van der Waals surface area contributed by atoms with Crippen molar-refractivity contribution in [1.82, 2.24) is 4.90 Å². The van der Waals surface area contributed by atoms with Crippen molar-refractivity contribution in [1.29, 1.82) is 0 Å². The van der Waals surface area contributed by atoms with E-state index in [1.807, 2.05) is 0 Å². The van der Waals surface area contributed by atoms with Crippen LogP contribution in [0.4, 0.5) is 0 Å². The smallest absolute Gasteiger partial charge is 0.326 e. The number of likely N-dealkylation sites (tertiary alicyclic amines) is 1. The molecule has 20 heavy (non-hydrogen) atoms. The maximum Gasteiger partial charge on any atom is 0.326 e. The number of carbonyl (C=O) groups excluding carboxylic acids is 1. The minimum Gasteiger partial charge on any atom is -0.507 e. The highest BCUT2D eigenvalue weighted by atomic mass is 127. The zero-order valence-corrected chi connectivity index (χ0v) is 13.0. The zero-order valence-electron chi connectivity index (χ0n) is 10.9. The van der Waals surface area contributed by atoms with Gasteiger partial charge in [-0.15, -0.1) is 0 Å². The maximum absolute atomic E-state index is 12.5. The summed E-state index contributed by atoms with van der Waals surface area (Å²) in [6.07, 6.45) is 2.98. The number of hydrogen-bond acceptors (Lipinski definition) is 3. The number of phenols is 1. The fraction of sp³-hybridized carbons (Fsp3) is 0.429. The van der Waals surface area contributed by atoms with E-state index in [0.717, 1.165) is 22.8 Å². The molecular formula is C14H16INO4. The molecule has 0 bridgehead atoms. The quantitative estimate of drug-likeness (QED) is 0.762.